The summed E-state index contributed by atoms with van der Waals surface area (Å²) in [6, 6.07) is 12.8. The molecular formula is C18H21N3O3S. The quantitative estimate of drug-likeness (QED) is 0.854. The fourth-order valence-electron chi connectivity index (χ4n) is 2.87. The van der Waals surface area contributed by atoms with Crippen molar-refractivity contribution < 1.29 is 13.2 Å². The number of hydrogen-bond acceptors (Lipinski definition) is 5. The second kappa shape index (κ2) is 7.23. The van der Waals surface area contributed by atoms with Gasteiger partial charge in [-0.3, -0.25) is 4.79 Å². The van der Waals surface area contributed by atoms with Crippen LogP contribution in [-0.4, -0.2) is 36.9 Å². The molecular weight excluding hydrogens is 338 g/mol. The number of rotatable bonds is 5. The first-order valence-corrected chi connectivity index (χ1v) is 10.0. The lowest BCUT2D eigenvalue weighted by Gasteiger charge is -2.15. The number of pyridine rings is 1. The molecule has 0 bridgehead atoms. The number of hydrogen-bond donors (Lipinski definition) is 2. The van der Waals surface area contributed by atoms with E-state index in [-0.39, 0.29) is 29.5 Å². The van der Waals surface area contributed by atoms with Crippen molar-refractivity contribution in [1.29, 1.82) is 0 Å². The average molecular weight is 359 g/mol. The highest BCUT2D eigenvalue weighted by molar-refractivity contribution is 7.91. The van der Waals surface area contributed by atoms with Gasteiger partial charge in [-0.15, -0.1) is 0 Å². The summed E-state index contributed by atoms with van der Waals surface area (Å²) in [6.07, 6.45) is 2.11. The number of nitrogens with zero attached hydrogens (tertiary/aromatic N) is 1. The van der Waals surface area contributed by atoms with E-state index >= 15 is 0 Å². The molecule has 25 heavy (non-hydrogen) atoms. The first-order chi connectivity index (χ1) is 11.9. The van der Waals surface area contributed by atoms with E-state index in [0.717, 1.165) is 5.56 Å². The minimum absolute atomic E-state index is 0.107. The van der Waals surface area contributed by atoms with E-state index < -0.39 is 9.84 Å². The van der Waals surface area contributed by atoms with Gasteiger partial charge in [0.25, 0.3) is 5.91 Å². The minimum Gasteiger partial charge on any atom is -0.366 e. The number of nitrogens with one attached hydrogen (secondary N) is 2. The minimum atomic E-state index is -2.96. The molecule has 2 N–H and O–H groups in total. The van der Waals surface area contributed by atoms with E-state index in [1.807, 2.05) is 37.3 Å². The molecule has 1 aromatic heterocycles. The topological polar surface area (TPSA) is 88.2 Å². The molecule has 3 rings (SSSR count). The van der Waals surface area contributed by atoms with Crippen LogP contribution in [0.25, 0.3) is 0 Å². The predicted molar refractivity (Wildman–Crippen MR) is 97.2 cm³/mol. The van der Waals surface area contributed by atoms with Gasteiger partial charge in [-0.1, -0.05) is 30.3 Å². The van der Waals surface area contributed by atoms with Gasteiger partial charge >= 0.3 is 0 Å². The maximum atomic E-state index is 12.5. The Labute approximate surface area is 147 Å². The van der Waals surface area contributed by atoms with Crippen molar-refractivity contribution >= 4 is 21.6 Å². The Morgan fingerprint density at radius 1 is 1.24 bits per heavy atom. The highest BCUT2D eigenvalue weighted by atomic mass is 32.2. The summed E-state index contributed by atoms with van der Waals surface area (Å²) in [4.78, 5) is 16.6. The first kappa shape index (κ1) is 17.4. The van der Waals surface area contributed by atoms with Gasteiger partial charge in [0.05, 0.1) is 17.5 Å². The smallest absolute Gasteiger partial charge is 0.251 e. The number of carbonyl (C=O) groups is 1. The van der Waals surface area contributed by atoms with Crippen LogP contribution in [0.5, 0.6) is 0 Å². The molecule has 0 aliphatic carbocycles. The van der Waals surface area contributed by atoms with Crippen LogP contribution < -0.4 is 10.6 Å². The zero-order valence-electron chi connectivity index (χ0n) is 14.0. The maximum absolute atomic E-state index is 12.5. The van der Waals surface area contributed by atoms with Gasteiger partial charge < -0.3 is 10.6 Å². The Morgan fingerprint density at radius 3 is 2.68 bits per heavy atom. The maximum Gasteiger partial charge on any atom is 0.251 e. The van der Waals surface area contributed by atoms with Crippen LogP contribution in [-0.2, 0) is 9.84 Å². The number of sulfone groups is 1. The Bertz CT molecular complexity index is 853. The van der Waals surface area contributed by atoms with E-state index in [0.29, 0.717) is 17.8 Å². The van der Waals surface area contributed by atoms with Crippen molar-refractivity contribution in [2.45, 2.75) is 25.4 Å². The summed E-state index contributed by atoms with van der Waals surface area (Å²) in [5.74, 6) is 0.623. The number of anilines is 1. The molecule has 2 atom stereocenters. The van der Waals surface area contributed by atoms with Crippen LogP contribution in [0.4, 0.5) is 5.82 Å². The third kappa shape index (κ3) is 4.57. The molecule has 0 radical (unpaired) electrons. The molecule has 1 aliphatic rings. The fraction of sp³-hybridized carbons (Fsp3) is 0.333. The van der Waals surface area contributed by atoms with E-state index in [1.54, 1.807) is 18.3 Å². The summed E-state index contributed by atoms with van der Waals surface area (Å²) in [5, 5.41) is 6.06. The fourth-order valence-corrected chi connectivity index (χ4v) is 4.55. The Kier molecular flexibility index (Phi) is 5.03. The van der Waals surface area contributed by atoms with Crippen LogP contribution >= 0.6 is 0 Å². The lowest BCUT2D eigenvalue weighted by molar-refractivity contribution is 0.0940. The van der Waals surface area contributed by atoms with Gasteiger partial charge in [0.1, 0.15) is 5.82 Å². The van der Waals surface area contributed by atoms with Crippen LogP contribution in [0.1, 0.15) is 35.3 Å². The zero-order chi connectivity index (χ0) is 17.9. The molecule has 2 unspecified atom stereocenters. The third-order valence-electron chi connectivity index (χ3n) is 4.25. The molecule has 132 valence electrons. The van der Waals surface area contributed by atoms with Crippen molar-refractivity contribution in [3.63, 3.8) is 0 Å². The van der Waals surface area contributed by atoms with Crippen LogP contribution in [0.15, 0.2) is 48.7 Å². The molecule has 0 saturated carbocycles. The van der Waals surface area contributed by atoms with Gasteiger partial charge in [-0.25, -0.2) is 13.4 Å². The van der Waals surface area contributed by atoms with Gasteiger partial charge in [-0.2, -0.15) is 0 Å². The number of benzene rings is 1. The number of aromatic nitrogens is 1. The first-order valence-electron chi connectivity index (χ1n) is 8.22. The largest absolute Gasteiger partial charge is 0.366 e. The molecule has 1 aliphatic heterocycles. The summed E-state index contributed by atoms with van der Waals surface area (Å²) in [6.45, 7) is 1.93. The molecule has 0 spiro atoms. The van der Waals surface area contributed by atoms with Crippen LogP contribution in [0, 0.1) is 0 Å². The Hall–Kier alpha value is -2.41. The van der Waals surface area contributed by atoms with E-state index in [1.165, 1.54) is 0 Å². The number of amides is 1. The van der Waals surface area contributed by atoms with Gasteiger partial charge in [-0.05, 0) is 31.0 Å². The van der Waals surface area contributed by atoms with E-state index in [9.17, 15) is 13.2 Å². The Morgan fingerprint density at radius 2 is 2.00 bits per heavy atom. The standard InChI is InChI=1S/C18H21N3O3S/c1-13(14-5-3-2-4-6-14)20-18(22)15-7-9-19-17(11-15)21-16-8-10-25(23,24)12-16/h2-7,9,11,13,16H,8,10,12H2,1H3,(H,19,21)(H,20,22). The summed E-state index contributed by atoms with van der Waals surface area (Å²) in [5.41, 5.74) is 1.51. The average Bonchev–Trinajstić information content (AvgIpc) is 2.94. The zero-order valence-corrected chi connectivity index (χ0v) is 14.8. The van der Waals surface area contributed by atoms with Crippen LogP contribution in [0.3, 0.4) is 0 Å². The SMILES string of the molecule is CC(NC(=O)c1ccnc(NC2CCS(=O)(=O)C2)c1)c1ccccc1. The van der Waals surface area contributed by atoms with Gasteiger partial charge in [0, 0.05) is 17.8 Å². The van der Waals surface area contributed by atoms with E-state index in [4.69, 9.17) is 0 Å². The summed E-state index contributed by atoms with van der Waals surface area (Å²) >= 11 is 0. The predicted octanol–water partition coefficient (Wildman–Crippen LogP) is 2.17. The van der Waals surface area contributed by atoms with Crippen LogP contribution in [0.2, 0.25) is 0 Å². The lowest BCUT2D eigenvalue weighted by Crippen LogP contribution is -2.27. The lowest BCUT2D eigenvalue weighted by atomic mass is 10.1. The molecule has 2 heterocycles. The van der Waals surface area contributed by atoms with Crippen molar-refractivity contribution in [1.82, 2.24) is 10.3 Å². The van der Waals surface area contributed by atoms with E-state index in [2.05, 4.69) is 15.6 Å². The van der Waals surface area contributed by atoms with Crippen molar-refractivity contribution in [2.75, 3.05) is 16.8 Å². The monoisotopic (exact) mass is 359 g/mol. The number of carbonyl (C=O) groups excluding carboxylic acids is 1. The van der Waals surface area contributed by atoms with Crippen molar-refractivity contribution in [3.8, 4) is 0 Å². The summed E-state index contributed by atoms with van der Waals surface area (Å²) in [7, 11) is -2.96. The molecule has 1 fully saturated rings. The summed E-state index contributed by atoms with van der Waals surface area (Å²) < 4.78 is 23.1. The normalized spacial score (nSPS) is 20.0. The second-order valence-electron chi connectivity index (χ2n) is 6.28. The highest BCUT2D eigenvalue weighted by Crippen LogP contribution is 2.17. The molecule has 2 aromatic rings. The van der Waals surface area contributed by atoms with Crippen molar-refractivity contribution in [3.05, 3.63) is 59.8 Å². The molecule has 1 aromatic carbocycles. The molecule has 1 saturated heterocycles. The highest BCUT2D eigenvalue weighted by Gasteiger charge is 2.28. The van der Waals surface area contributed by atoms with Gasteiger partial charge in [0.2, 0.25) is 0 Å². The molecule has 6 nitrogen and oxygen atoms in total. The molecule has 7 heteroatoms. The molecule has 1 amide bonds. The van der Waals surface area contributed by atoms with Crippen molar-refractivity contribution in [2.24, 2.45) is 0 Å². The second-order valence-corrected chi connectivity index (χ2v) is 8.51. The van der Waals surface area contributed by atoms with Gasteiger partial charge in [0.15, 0.2) is 9.84 Å². The Balaban J connectivity index is 1.65. The third-order valence-corrected chi connectivity index (χ3v) is 6.02.